The van der Waals surface area contributed by atoms with Gasteiger partial charge in [-0.15, -0.1) is 0 Å². The third kappa shape index (κ3) is 6.86. The maximum Gasteiger partial charge on any atom is 0.334 e. The summed E-state index contributed by atoms with van der Waals surface area (Å²) >= 11 is 0. The van der Waals surface area contributed by atoms with Gasteiger partial charge in [-0.3, -0.25) is 0 Å². The van der Waals surface area contributed by atoms with Gasteiger partial charge in [0.15, 0.2) is 5.60 Å². The number of rotatable bonds is 13. The molecule has 0 aromatic heterocycles. The van der Waals surface area contributed by atoms with Crippen molar-refractivity contribution in [2.24, 2.45) is 0 Å². The van der Waals surface area contributed by atoms with Crippen molar-refractivity contribution in [1.29, 1.82) is 0 Å². The van der Waals surface area contributed by atoms with E-state index in [2.05, 4.69) is 6.92 Å². The summed E-state index contributed by atoms with van der Waals surface area (Å²) in [6.07, 6.45) is 11.9. The quantitative estimate of drug-likeness (QED) is 0.297. The molecule has 1 aromatic rings. The summed E-state index contributed by atoms with van der Waals surface area (Å²) in [4.78, 5) is 12.2. The molecular formula is C23H34O5. The highest BCUT2D eigenvalue weighted by atomic mass is 16.6. The van der Waals surface area contributed by atoms with Crippen LogP contribution in [-0.2, 0) is 9.53 Å². The molecule has 0 saturated carbocycles. The average molecular weight is 391 g/mol. The van der Waals surface area contributed by atoms with Gasteiger partial charge in [0.25, 0.3) is 0 Å². The van der Waals surface area contributed by atoms with Crippen LogP contribution >= 0.6 is 0 Å². The van der Waals surface area contributed by atoms with E-state index in [0.29, 0.717) is 17.7 Å². The number of ether oxygens (including phenoxy) is 3. The maximum atomic E-state index is 12.2. The lowest BCUT2D eigenvalue weighted by Gasteiger charge is -2.24. The number of hydrogen-bond acceptors (Lipinski definition) is 5. The van der Waals surface area contributed by atoms with Crippen LogP contribution in [0.15, 0.2) is 35.9 Å². The van der Waals surface area contributed by atoms with Gasteiger partial charge in [-0.2, -0.15) is 0 Å². The number of cyclic esters (lactones) is 1. The van der Waals surface area contributed by atoms with Gasteiger partial charge >= 0.3 is 5.97 Å². The molecule has 0 aliphatic carbocycles. The molecule has 0 radical (unpaired) electrons. The van der Waals surface area contributed by atoms with E-state index in [1.165, 1.54) is 38.5 Å². The van der Waals surface area contributed by atoms with E-state index in [0.717, 1.165) is 18.6 Å². The van der Waals surface area contributed by atoms with E-state index >= 15 is 0 Å². The van der Waals surface area contributed by atoms with Crippen molar-refractivity contribution >= 4 is 5.97 Å². The zero-order valence-electron chi connectivity index (χ0n) is 17.2. The Kier molecular flexibility index (Phi) is 9.35. The molecule has 0 amide bonds. The number of allylic oxidation sites excluding steroid dienone is 1. The van der Waals surface area contributed by atoms with Gasteiger partial charge in [0, 0.05) is 12.0 Å². The second-order valence-electron chi connectivity index (χ2n) is 7.51. The first-order chi connectivity index (χ1) is 13.6. The molecule has 1 unspecified atom stereocenters. The minimum absolute atomic E-state index is 0.121. The Morgan fingerprint density at radius 1 is 1.07 bits per heavy atom. The zero-order chi connectivity index (χ0) is 20.2. The fourth-order valence-electron chi connectivity index (χ4n) is 3.35. The molecule has 1 aliphatic rings. The third-order valence-corrected chi connectivity index (χ3v) is 5.13. The molecule has 5 heteroatoms. The van der Waals surface area contributed by atoms with Crippen molar-refractivity contribution in [2.75, 3.05) is 20.3 Å². The first kappa shape index (κ1) is 22.3. The predicted octanol–water partition coefficient (Wildman–Crippen LogP) is 4.82. The van der Waals surface area contributed by atoms with Crippen LogP contribution in [0.5, 0.6) is 11.5 Å². The molecule has 1 saturated heterocycles. The predicted molar refractivity (Wildman–Crippen MR) is 110 cm³/mol. The van der Waals surface area contributed by atoms with Gasteiger partial charge in [0.1, 0.15) is 18.1 Å². The molecule has 1 N–H and O–H groups in total. The molecule has 1 fully saturated rings. The van der Waals surface area contributed by atoms with E-state index in [1.54, 1.807) is 31.4 Å². The number of carbonyl (C=O) groups is 1. The number of benzene rings is 1. The SMILES string of the molecule is CCCCCCCCC/C=C1\CC(CO)(COc2ccc(OC)cc2)OC1=O. The lowest BCUT2D eigenvalue weighted by atomic mass is 9.98. The van der Waals surface area contributed by atoms with Gasteiger partial charge in [-0.05, 0) is 37.1 Å². The number of aliphatic hydroxyl groups excluding tert-OH is 1. The fourth-order valence-corrected chi connectivity index (χ4v) is 3.35. The Bertz CT molecular complexity index is 622. The molecule has 156 valence electrons. The van der Waals surface area contributed by atoms with Crippen LogP contribution in [-0.4, -0.2) is 37.0 Å². The first-order valence-corrected chi connectivity index (χ1v) is 10.4. The highest BCUT2D eigenvalue weighted by molar-refractivity contribution is 5.91. The van der Waals surface area contributed by atoms with Crippen LogP contribution in [0.3, 0.4) is 0 Å². The molecule has 1 aromatic carbocycles. The summed E-state index contributed by atoms with van der Waals surface area (Å²) < 4.78 is 16.4. The van der Waals surface area contributed by atoms with Crippen molar-refractivity contribution in [1.82, 2.24) is 0 Å². The van der Waals surface area contributed by atoms with E-state index in [1.807, 2.05) is 6.08 Å². The van der Waals surface area contributed by atoms with Crippen LogP contribution in [0.4, 0.5) is 0 Å². The van der Waals surface area contributed by atoms with Gasteiger partial charge < -0.3 is 19.3 Å². The number of esters is 1. The largest absolute Gasteiger partial charge is 0.497 e. The van der Waals surface area contributed by atoms with E-state index in [-0.39, 0.29) is 19.2 Å². The Labute approximate surface area is 168 Å². The molecular weight excluding hydrogens is 356 g/mol. The molecule has 1 heterocycles. The minimum atomic E-state index is -0.997. The smallest absolute Gasteiger partial charge is 0.334 e. The van der Waals surface area contributed by atoms with Crippen LogP contribution in [0, 0.1) is 0 Å². The number of aliphatic hydroxyl groups is 1. The average Bonchev–Trinajstić information content (AvgIpc) is 3.05. The maximum absolute atomic E-state index is 12.2. The Morgan fingerprint density at radius 3 is 2.36 bits per heavy atom. The molecule has 1 atom stereocenters. The van der Waals surface area contributed by atoms with Crippen molar-refractivity contribution in [3.63, 3.8) is 0 Å². The fraction of sp³-hybridized carbons (Fsp3) is 0.609. The summed E-state index contributed by atoms with van der Waals surface area (Å²) in [5.74, 6) is 1.05. The highest BCUT2D eigenvalue weighted by Crippen LogP contribution is 2.32. The van der Waals surface area contributed by atoms with Gasteiger partial charge in [-0.1, -0.05) is 51.5 Å². The molecule has 1 aliphatic heterocycles. The molecule has 5 nitrogen and oxygen atoms in total. The van der Waals surface area contributed by atoms with Gasteiger partial charge in [0.2, 0.25) is 0 Å². The molecule has 2 rings (SSSR count). The molecule has 0 bridgehead atoms. The van der Waals surface area contributed by atoms with E-state index in [9.17, 15) is 9.90 Å². The van der Waals surface area contributed by atoms with Crippen LogP contribution in [0.1, 0.15) is 64.7 Å². The second kappa shape index (κ2) is 11.7. The summed E-state index contributed by atoms with van der Waals surface area (Å²) in [5, 5.41) is 9.82. The Morgan fingerprint density at radius 2 is 1.71 bits per heavy atom. The monoisotopic (exact) mass is 390 g/mol. The number of unbranched alkanes of at least 4 members (excludes halogenated alkanes) is 7. The van der Waals surface area contributed by atoms with Gasteiger partial charge in [0.05, 0.1) is 13.7 Å². The van der Waals surface area contributed by atoms with Crippen LogP contribution in [0.2, 0.25) is 0 Å². The first-order valence-electron chi connectivity index (χ1n) is 10.4. The van der Waals surface area contributed by atoms with E-state index < -0.39 is 5.60 Å². The lowest BCUT2D eigenvalue weighted by molar-refractivity contribution is -0.153. The topological polar surface area (TPSA) is 65.0 Å². The summed E-state index contributed by atoms with van der Waals surface area (Å²) in [7, 11) is 1.61. The van der Waals surface area contributed by atoms with Crippen molar-refractivity contribution < 1.29 is 24.1 Å². The van der Waals surface area contributed by atoms with Crippen molar-refractivity contribution in [2.45, 2.75) is 70.3 Å². The van der Waals surface area contributed by atoms with Crippen molar-refractivity contribution in [3.8, 4) is 11.5 Å². The second-order valence-corrected chi connectivity index (χ2v) is 7.51. The van der Waals surface area contributed by atoms with Crippen molar-refractivity contribution in [3.05, 3.63) is 35.9 Å². The highest BCUT2D eigenvalue weighted by Gasteiger charge is 2.44. The van der Waals surface area contributed by atoms with Crippen LogP contribution in [0.25, 0.3) is 0 Å². The normalized spacial score (nSPS) is 20.4. The molecule has 28 heavy (non-hydrogen) atoms. The standard InChI is InChI=1S/C23H34O5/c1-3-4-5-6-7-8-9-10-11-19-16-23(17-24,28-22(19)25)18-27-21-14-12-20(26-2)13-15-21/h11-15,24H,3-10,16-18H2,1-2H3/b19-11+. The number of hydrogen-bond donors (Lipinski definition) is 1. The van der Waals surface area contributed by atoms with Gasteiger partial charge in [-0.25, -0.2) is 4.79 Å². The number of carbonyl (C=O) groups excluding carboxylic acids is 1. The summed E-state index contributed by atoms with van der Waals surface area (Å²) in [5.41, 5.74) is -0.346. The lowest BCUT2D eigenvalue weighted by Crippen LogP contribution is -2.39. The Hall–Kier alpha value is -2.01. The van der Waals surface area contributed by atoms with Crippen LogP contribution < -0.4 is 9.47 Å². The third-order valence-electron chi connectivity index (χ3n) is 5.13. The molecule has 0 spiro atoms. The Balaban J connectivity index is 1.78. The summed E-state index contributed by atoms with van der Waals surface area (Å²) in [6.45, 7) is 2.08. The zero-order valence-corrected chi connectivity index (χ0v) is 17.2. The van der Waals surface area contributed by atoms with E-state index in [4.69, 9.17) is 14.2 Å². The number of methoxy groups -OCH3 is 1. The summed E-state index contributed by atoms with van der Waals surface area (Å²) in [6, 6.07) is 7.18. The minimum Gasteiger partial charge on any atom is -0.497 e.